The Morgan fingerprint density at radius 1 is 1.31 bits per heavy atom. The highest BCUT2D eigenvalue weighted by Crippen LogP contribution is 2.23. The quantitative estimate of drug-likeness (QED) is 0.598. The monoisotopic (exact) mass is 351 g/mol. The first-order valence-corrected chi connectivity index (χ1v) is 8.14. The summed E-state index contributed by atoms with van der Waals surface area (Å²) >= 11 is 0. The predicted octanol–water partition coefficient (Wildman–Crippen LogP) is 1.54. The van der Waals surface area contributed by atoms with Crippen LogP contribution in [0.4, 0.5) is 0 Å². The molecule has 4 aromatic heterocycles. The average Bonchev–Trinajstić information content (AvgIpc) is 3.29. The van der Waals surface area contributed by atoms with Crippen LogP contribution < -0.4 is 10.3 Å². The molecular formula is C17H17N7O2. The van der Waals surface area contributed by atoms with E-state index in [4.69, 9.17) is 4.74 Å². The van der Waals surface area contributed by atoms with Gasteiger partial charge in [0.1, 0.15) is 0 Å². The number of aromatic nitrogens is 7. The molecule has 26 heavy (non-hydrogen) atoms. The standard InChI is InChI=1S/C17H17N7O2/c1-4-12-10(2)21-15-13(8-20-24(15)16(12)25)11-7-19-23(9-11)17-18-6-5-14(22-17)26-3/h5-9,20H,4H2,1-3H3. The van der Waals surface area contributed by atoms with Gasteiger partial charge in [0.2, 0.25) is 5.88 Å². The van der Waals surface area contributed by atoms with Crippen molar-refractivity contribution in [3.05, 3.63) is 52.5 Å². The number of nitrogens with zero attached hydrogens (tertiary/aromatic N) is 6. The molecule has 0 saturated heterocycles. The van der Waals surface area contributed by atoms with Gasteiger partial charge in [-0.2, -0.15) is 10.1 Å². The maximum absolute atomic E-state index is 12.6. The third-order valence-corrected chi connectivity index (χ3v) is 4.24. The number of ether oxygens (including phenoxy) is 1. The Kier molecular flexibility index (Phi) is 3.76. The van der Waals surface area contributed by atoms with Crippen LogP contribution in [0.2, 0.25) is 0 Å². The molecule has 4 aromatic rings. The lowest BCUT2D eigenvalue weighted by Crippen LogP contribution is -2.21. The van der Waals surface area contributed by atoms with Gasteiger partial charge in [0.25, 0.3) is 11.5 Å². The second kappa shape index (κ2) is 6.10. The Morgan fingerprint density at radius 3 is 2.92 bits per heavy atom. The maximum atomic E-state index is 12.6. The number of nitrogens with one attached hydrogen (secondary N) is 1. The lowest BCUT2D eigenvalue weighted by Gasteiger charge is -2.03. The first-order chi connectivity index (χ1) is 12.6. The number of rotatable bonds is 4. The molecule has 0 unspecified atom stereocenters. The van der Waals surface area contributed by atoms with E-state index in [0.717, 1.165) is 16.8 Å². The normalized spacial score (nSPS) is 11.2. The fourth-order valence-corrected chi connectivity index (χ4v) is 2.90. The van der Waals surface area contributed by atoms with Gasteiger partial charge in [-0.25, -0.2) is 19.2 Å². The number of fused-ring (bicyclic) bond motifs is 1. The van der Waals surface area contributed by atoms with Gasteiger partial charge in [-0.05, 0) is 13.3 Å². The molecule has 9 heteroatoms. The van der Waals surface area contributed by atoms with Crippen LogP contribution >= 0.6 is 0 Å². The SMILES string of the molecule is CCc1c(C)nc2c(-c3cnn(-c4nccc(OC)n4)c3)c[nH]n2c1=O. The second-order valence-corrected chi connectivity index (χ2v) is 5.75. The topological polar surface area (TPSA) is 103 Å². The molecule has 0 aromatic carbocycles. The van der Waals surface area contributed by atoms with Crippen molar-refractivity contribution in [2.24, 2.45) is 0 Å². The molecule has 0 atom stereocenters. The van der Waals surface area contributed by atoms with Crippen LogP contribution in [0.15, 0.2) is 35.6 Å². The van der Waals surface area contributed by atoms with Crippen LogP contribution in [0.1, 0.15) is 18.2 Å². The summed E-state index contributed by atoms with van der Waals surface area (Å²) in [6.07, 6.45) is 7.45. The molecule has 0 aliphatic carbocycles. The molecule has 4 heterocycles. The van der Waals surface area contributed by atoms with Gasteiger partial charge in [0, 0.05) is 47.0 Å². The zero-order chi connectivity index (χ0) is 18.3. The minimum absolute atomic E-state index is 0.0789. The summed E-state index contributed by atoms with van der Waals surface area (Å²) in [6, 6.07) is 1.66. The van der Waals surface area contributed by atoms with E-state index in [-0.39, 0.29) is 5.56 Å². The van der Waals surface area contributed by atoms with Gasteiger partial charge in [0.05, 0.1) is 13.3 Å². The molecular weight excluding hydrogens is 334 g/mol. The molecule has 4 rings (SSSR count). The smallest absolute Gasteiger partial charge is 0.276 e. The fraction of sp³-hybridized carbons (Fsp3) is 0.235. The van der Waals surface area contributed by atoms with Gasteiger partial charge < -0.3 is 4.74 Å². The highest BCUT2D eigenvalue weighted by molar-refractivity contribution is 5.76. The summed E-state index contributed by atoms with van der Waals surface area (Å²) in [5, 5.41) is 7.29. The third-order valence-electron chi connectivity index (χ3n) is 4.24. The number of hydrogen-bond donors (Lipinski definition) is 1. The number of methoxy groups -OCH3 is 1. The first kappa shape index (κ1) is 16.0. The van der Waals surface area contributed by atoms with Gasteiger partial charge >= 0.3 is 0 Å². The zero-order valence-corrected chi connectivity index (χ0v) is 14.6. The average molecular weight is 351 g/mol. The van der Waals surface area contributed by atoms with Crippen molar-refractivity contribution in [3.63, 3.8) is 0 Å². The molecule has 0 spiro atoms. The fourth-order valence-electron chi connectivity index (χ4n) is 2.90. The molecule has 9 nitrogen and oxygen atoms in total. The summed E-state index contributed by atoms with van der Waals surface area (Å²) < 4.78 is 8.12. The van der Waals surface area contributed by atoms with Crippen molar-refractivity contribution in [2.75, 3.05) is 7.11 Å². The van der Waals surface area contributed by atoms with Crippen molar-refractivity contribution in [3.8, 4) is 23.0 Å². The van der Waals surface area contributed by atoms with Crippen LogP contribution in [0.5, 0.6) is 5.88 Å². The van der Waals surface area contributed by atoms with Crippen molar-refractivity contribution in [1.82, 2.24) is 34.3 Å². The summed E-state index contributed by atoms with van der Waals surface area (Å²) in [4.78, 5) is 25.6. The molecule has 0 aliphatic rings. The van der Waals surface area contributed by atoms with Gasteiger partial charge in [-0.15, -0.1) is 0 Å². The van der Waals surface area contributed by atoms with Crippen molar-refractivity contribution < 1.29 is 4.74 Å². The molecule has 1 N–H and O–H groups in total. The lowest BCUT2D eigenvalue weighted by molar-refractivity contribution is 0.395. The van der Waals surface area contributed by atoms with Crippen LogP contribution in [-0.2, 0) is 6.42 Å². The highest BCUT2D eigenvalue weighted by Gasteiger charge is 2.15. The zero-order valence-electron chi connectivity index (χ0n) is 14.6. The minimum atomic E-state index is -0.0789. The molecule has 0 bridgehead atoms. The first-order valence-electron chi connectivity index (χ1n) is 8.14. The van der Waals surface area contributed by atoms with E-state index in [0.29, 0.717) is 29.5 Å². The van der Waals surface area contributed by atoms with E-state index >= 15 is 0 Å². The van der Waals surface area contributed by atoms with Gasteiger partial charge in [-0.3, -0.25) is 9.89 Å². The van der Waals surface area contributed by atoms with Gasteiger partial charge in [-0.1, -0.05) is 6.92 Å². The van der Waals surface area contributed by atoms with Crippen molar-refractivity contribution in [1.29, 1.82) is 0 Å². The predicted molar refractivity (Wildman–Crippen MR) is 94.6 cm³/mol. The summed E-state index contributed by atoms with van der Waals surface area (Å²) in [7, 11) is 1.54. The minimum Gasteiger partial charge on any atom is -0.481 e. The molecule has 0 aliphatic heterocycles. The van der Waals surface area contributed by atoms with E-state index < -0.39 is 0 Å². The largest absolute Gasteiger partial charge is 0.481 e. The van der Waals surface area contributed by atoms with Crippen LogP contribution in [0.3, 0.4) is 0 Å². The lowest BCUT2D eigenvalue weighted by atomic mass is 10.1. The summed E-state index contributed by atoms with van der Waals surface area (Å²) in [5.74, 6) is 0.847. The number of aromatic amines is 1. The Labute approximate surface area is 148 Å². The van der Waals surface area contributed by atoms with Crippen molar-refractivity contribution >= 4 is 5.65 Å². The number of aryl methyl sites for hydroxylation is 1. The molecule has 0 radical (unpaired) electrons. The molecule has 0 amide bonds. The molecule has 0 fully saturated rings. The van der Waals surface area contributed by atoms with E-state index in [1.54, 1.807) is 42.6 Å². The Morgan fingerprint density at radius 2 is 2.15 bits per heavy atom. The van der Waals surface area contributed by atoms with Crippen molar-refractivity contribution in [2.45, 2.75) is 20.3 Å². The molecule has 132 valence electrons. The van der Waals surface area contributed by atoms with Gasteiger partial charge in [0.15, 0.2) is 5.65 Å². The Hall–Kier alpha value is -3.49. The van der Waals surface area contributed by atoms with E-state index in [1.807, 2.05) is 13.8 Å². The maximum Gasteiger partial charge on any atom is 0.276 e. The second-order valence-electron chi connectivity index (χ2n) is 5.75. The molecule has 0 saturated carbocycles. The number of H-pyrrole nitrogens is 1. The number of hydrogen-bond acceptors (Lipinski definition) is 6. The summed E-state index contributed by atoms with van der Waals surface area (Å²) in [6.45, 7) is 3.80. The third kappa shape index (κ3) is 2.44. The van der Waals surface area contributed by atoms with E-state index in [9.17, 15) is 4.79 Å². The highest BCUT2D eigenvalue weighted by atomic mass is 16.5. The summed E-state index contributed by atoms with van der Waals surface area (Å²) in [5.41, 5.74) is 3.51. The Balaban J connectivity index is 1.82. The van der Waals surface area contributed by atoms with Crippen LogP contribution in [0, 0.1) is 6.92 Å². The van der Waals surface area contributed by atoms with E-state index in [1.165, 1.54) is 4.52 Å². The van der Waals surface area contributed by atoms with E-state index in [2.05, 4.69) is 25.1 Å². The van der Waals surface area contributed by atoms with Crippen LogP contribution in [0.25, 0.3) is 22.7 Å². The Bertz CT molecular complexity index is 1160. The van der Waals surface area contributed by atoms with Crippen LogP contribution in [-0.4, -0.2) is 41.5 Å².